The highest BCUT2D eigenvalue weighted by Gasteiger charge is 2.27. The molecule has 2 N–H and O–H groups in total. The molecule has 0 heterocycles. The molecule has 0 fully saturated rings. The second-order valence-electron chi connectivity index (χ2n) is 6.67. The van der Waals surface area contributed by atoms with Crippen LogP contribution in [-0.4, -0.2) is 23.0 Å². The van der Waals surface area contributed by atoms with Crippen molar-refractivity contribution < 1.29 is 14.7 Å². The maximum Gasteiger partial charge on any atom is 0.326 e. The molecule has 3 rings (SSSR count). The van der Waals surface area contributed by atoms with Crippen molar-refractivity contribution in [2.75, 3.05) is 0 Å². The second kappa shape index (κ2) is 9.34. The predicted octanol–water partition coefficient (Wildman–Crippen LogP) is 3.50. The van der Waals surface area contributed by atoms with Crippen LogP contribution in [0.25, 0.3) is 0 Å². The highest BCUT2D eigenvalue weighted by molar-refractivity contribution is 5.90. The third-order valence-corrected chi connectivity index (χ3v) is 4.67. The van der Waals surface area contributed by atoms with Crippen LogP contribution in [0.1, 0.15) is 28.2 Å². The summed E-state index contributed by atoms with van der Waals surface area (Å²) in [6.45, 7) is 0. The van der Waals surface area contributed by atoms with E-state index in [0.717, 1.165) is 16.7 Å². The second-order valence-corrected chi connectivity index (χ2v) is 6.67. The zero-order valence-electron chi connectivity index (χ0n) is 15.7. The molecule has 0 saturated carbocycles. The third kappa shape index (κ3) is 5.08. The van der Waals surface area contributed by atoms with Gasteiger partial charge in [0.25, 0.3) is 0 Å². The van der Waals surface area contributed by atoms with E-state index >= 15 is 0 Å². The molecule has 0 aromatic heterocycles. The minimum Gasteiger partial charge on any atom is -0.480 e. The number of carboxylic acid groups (broad SMARTS) is 1. The lowest BCUT2D eigenvalue weighted by Crippen LogP contribution is -2.44. The van der Waals surface area contributed by atoms with Crippen LogP contribution in [0.15, 0.2) is 84.9 Å². The van der Waals surface area contributed by atoms with Gasteiger partial charge in [-0.3, -0.25) is 4.79 Å². The lowest BCUT2D eigenvalue weighted by molar-refractivity contribution is -0.141. The Morgan fingerprint density at radius 1 is 0.862 bits per heavy atom. The van der Waals surface area contributed by atoms with Crippen molar-refractivity contribution in [3.05, 3.63) is 107 Å². The van der Waals surface area contributed by atoms with Crippen LogP contribution >= 0.6 is 0 Å². The Labute approximate surface area is 169 Å². The van der Waals surface area contributed by atoms with Crippen molar-refractivity contribution in [1.82, 2.24) is 5.32 Å². The zero-order chi connectivity index (χ0) is 20.6. The number of rotatable bonds is 7. The molecule has 144 valence electrons. The number of hydrogen-bond donors (Lipinski definition) is 2. The molecule has 5 nitrogen and oxygen atoms in total. The highest BCUT2D eigenvalue weighted by atomic mass is 16.4. The van der Waals surface area contributed by atoms with E-state index in [9.17, 15) is 14.7 Å². The lowest BCUT2D eigenvalue weighted by atomic mass is 9.90. The van der Waals surface area contributed by atoms with Crippen molar-refractivity contribution in [3.63, 3.8) is 0 Å². The number of aliphatic carboxylic acids is 1. The van der Waals surface area contributed by atoms with Crippen molar-refractivity contribution in [1.29, 1.82) is 5.26 Å². The van der Waals surface area contributed by atoms with Gasteiger partial charge in [0.2, 0.25) is 5.91 Å². The number of hydrogen-bond acceptors (Lipinski definition) is 3. The number of nitrogens with one attached hydrogen (secondary N) is 1. The minimum atomic E-state index is -1.11. The summed E-state index contributed by atoms with van der Waals surface area (Å²) in [7, 11) is 0. The van der Waals surface area contributed by atoms with E-state index < -0.39 is 17.9 Å². The van der Waals surface area contributed by atoms with Gasteiger partial charge in [0.05, 0.1) is 17.6 Å². The van der Waals surface area contributed by atoms with Crippen molar-refractivity contribution in [2.45, 2.75) is 18.4 Å². The molecule has 1 amide bonds. The number of carbonyl (C=O) groups excluding carboxylic acids is 1. The Kier molecular flexibility index (Phi) is 6.39. The summed E-state index contributed by atoms with van der Waals surface area (Å²) in [5.41, 5.74) is 2.81. The molecule has 0 spiro atoms. The van der Waals surface area contributed by atoms with Crippen LogP contribution < -0.4 is 5.32 Å². The Morgan fingerprint density at radius 2 is 1.38 bits per heavy atom. The first-order chi connectivity index (χ1) is 14.1. The molecule has 0 aliphatic heterocycles. The van der Waals surface area contributed by atoms with E-state index in [4.69, 9.17) is 5.26 Å². The van der Waals surface area contributed by atoms with Gasteiger partial charge in [-0.2, -0.15) is 5.26 Å². The normalized spacial score (nSPS) is 11.4. The topological polar surface area (TPSA) is 90.2 Å². The van der Waals surface area contributed by atoms with Gasteiger partial charge in [-0.1, -0.05) is 72.8 Å². The fourth-order valence-corrected chi connectivity index (χ4v) is 3.19. The van der Waals surface area contributed by atoms with Gasteiger partial charge in [-0.05, 0) is 28.8 Å². The molecular formula is C24H20N2O3. The number of amides is 1. The first-order valence-corrected chi connectivity index (χ1v) is 9.20. The summed E-state index contributed by atoms with van der Waals surface area (Å²) < 4.78 is 0. The number of carbonyl (C=O) groups is 2. The van der Waals surface area contributed by atoms with E-state index in [1.165, 1.54) is 0 Å². The Balaban J connectivity index is 1.84. The predicted molar refractivity (Wildman–Crippen MR) is 109 cm³/mol. The van der Waals surface area contributed by atoms with E-state index in [1.54, 1.807) is 24.3 Å². The maximum atomic E-state index is 13.1. The van der Waals surface area contributed by atoms with Gasteiger partial charge in [-0.25, -0.2) is 4.79 Å². The summed E-state index contributed by atoms with van der Waals surface area (Å²) in [6.07, 6.45) is 0.128. The molecule has 0 radical (unpaired) electrons. The van der Waals surface area contributed by atoms with Crippen LogP contribution in [-0.2, 0) is 16.0 Å². The summed E-state index contributed by atoms with van der Waals surface area (Å²) >= 11 is 0. The van der Waals surface area contributed by atoms with E-state index in [0.29, 0.717) is 5.56 Å². The number of carboxylic acids is 1. The molecule has 0 aliphatic carbocycles. The fraction of sp³-hybridized carbons (Fsp3) is 0.125. The summed E-state index contributed by atoms with van der Waals surface area (Å²) in [4.78, 5) is 24.9. The van der Waals surface area contributed by atoms with Crippen LogP contribution in [0.3, 0.4) is 0 Å². The largest absolute Gasteiger partial charge is 0.480 e. The van der Waals surface area contributed by atoms with Crippen LogP contribution in [0.2, 0.25) is 0 Å². The molecule has 29 heavy (non-hydrogen) atoms. The van der Waals surface area contributed by atoms with Crippen LogP contribution in [0.4, 0.5) is 0 Å². The number of nitrogens with zero attached hydrogens (tertiary/aromatic N) is 1. The van der Waals surface area contributed by atoms with Crippen molar-refractivity contribution >= 4 is 11.9 Å². The monoisotopic (exact) mass is 384 g/mol. The van der Waals surface area contributed by atoms with Gasteiger partial charge < -0.3 is 10.4 Å². The summed E-state index contributed by atoms with van der Waals surface area (Å²) in [6, 6.07) is 26.2. The summed E-state index contributed by atoms with van der Waals surface area (Å²) in [5.74, 6) is -2.09. The Bertz CT molecular complexity index is 970. The van der Waals surface area contributed by atoms with E-state index in [1.807, 2.05) is 66.7 Å². The minimum absolute atomic E-state index is 0.128. The number of benzene rings is 3. The van der Waals surface area contributed by atoms with Crippen LogP contribution in [0.5, 0.6) is 0 Å². The zero-order valence-corrected chi connectivity index (χ0v) is 15.7. The smallest absolute Gasteiger partial charge is 0.326 e. The van der Waals surface area contributed by atoms with E-state index in [2.05, 4.69) is 5.32 Å². The molecule has 0 saturated heterocycles. The SMILES string of the molecule is N#Cc1ccc(C[C@@H](NC(=O)C(c2ccccc2)c2ccccc2)C(=O)O)cc1. The molecular weight excluding hydrogens is 364 g/mol. The molecule has 0 bridgehead atoms. The van der Waals surface area contributed by atoms with Gasteiger partial charge in [0.15, 0.2) is 0 Å². The Morgan fingerprint density at radius 3 is 1.83 bits per heavy atom. The quantitative estimate of drug-likeness (QED) is 0.652. The molecule has 3 aromatic carbocycles. The highest BCUT2D eigenvalue weighted by Crippen LogP contribution is 2.25. The molecule has 0 aliphatic rings. The van der Waals surface area contributed by atoms with E-state index in [-0.39, 0.29) is 12.3 Å². The van der Waals surface area contributed by atoms with Gasteiger partial charge in [0, 0.05) is 6.42 Å². The first kappa shape index (κ1) is 19.8. The Hall–Kier alpha value is -3.91. The van der Waals surface area contributed by atoms with Crippen molar-refractivity contribution in [2.24, 2.45) is 0 Å². The molecule has 3 aromatic rings. The molecule has 0 unspecified atom stereocenters. The standard InChI is InChI=1S/C24H20N2O3/c25-16-18-13-11-17(12-14-18)15-21(24(28)29)26-23(27)22(19-7-3-1-4-8-19)20-9-5-2-6-10-20/h1-14,21-22H,15H2,(H,26,27)(H,28,29)/t21-/m1/s1. The van der Waals surface area contributed by atoms with Crippen molar-refractivity contribution in [3.8, 4) is 6.07 Å². The van der Waals surface area contributed by atoms with Gasteiger partial charge >= 0.3 is 5.97 Å². The lowest BCUT2D eigenvalue weighted by Gasteiger charge is -2.21. The average Bonchev–Trinajstić information content (AvgIpc) is 2.75. The maximum absolute atomic E-state index is 13.1. The first-order valence-electron chi connectivity index (χ1n) is 9.20. The van der Waals surface area contributed by atoms with Gasteiger partial charge in [-0.15, -0.1) is 0 Å². The third-order valence-electron chi connectivity index (χ3n) is 4.67. The fourth-order valence-electron chi connectivity index (χ4n) is 3.19. The molecule has 5 heteroatoms. The summed E-state index contributed by atoms with van der Waals surface area (Å²) in [5, 5.41) is 21.2. The number of nitriles is 1. The van der Waals surface area contributed by atoms with Gasteiger partial charge in [0.1, 0.15) is 6.04 Å². The van der Waals surface area contributed by atoms with Crippen LogP contribution in [0, 0.1) is 11.3 Å². The molecule has 1 atom stereocenters. The average molecular weight is 384 g/mol.